The summed E-state index contributed by atoms with van der Waals surface area (Å²) in [7, 11) is 2.04. The molecule has 0 radical (unpaired) electrons. The largest absolute Gasteiger partial charge is 0.490 e. The highest BCUT2D eigenvalue weighted by molar-refractivity contribution is 5.86. The van der Waals surface area contributed by atoms with E-state index in [0.717, 1.165) is 89.8 Å². The van der Waals surface area contributed by atoms with Gasteiger partial charge in [-0.25, -0.2) is 4.39 Å². The van der Waals surface area contributed by atoms with E-state index in [9.17, 15) is 19.1 Å². The Morgan fingerprint density at radius 3 is 2.44 bits per heavy atom. The summed E-state index contributed by atoms with van der Waals surface area (Å²) in [5, 5.41) is 18.0. The first-order chi connectivity index (χ1) is 18.3. The van der Waals surface area contributed by atoms with Gasteiger partial charge in [-0.05, 0) is 106 Å². The molecule has 2 N–H and O–H groups in total. The molecule has 1 unspecified atom stereocenters. The number of carbonyl (C=O) groups excluding carboxylic acids is 1. The van der Waals surface area contributed by atoms with Crippen LogP contribution < -0.4 is 9.64 Å². The van der Waals surface area contributed by atoms with Crippen LogP contribution >= 0.6 is 0 Å². The predicted molar refractivity (Wildman–Crippen MR) is 150 cm³/mol. The highest BCUT2D eigenvalue weighted by Gasteiger charge is 2.28. The molecule has 3 aliphatic heterocycles. The molecule has 39 heavy (non-hydrogen) atoms. The highest BCUT2D eigenvalue weighted by Crippen LogP contribution is 2.44. The zero-order valence-corrected chi connectivity index (χ0v) is 24.0. The maximum Gasteiger partial charge on any atom is 0.307 e. The van der Waals surface area contributed by atoms with Crippen molar-refractivity contribution < 1.29 is 33.7 Å². The first-order valence-corrected chi connectivity index (χ1v) is 13.6. The lowest BCUT2D eigenvalue weighted by Gasteiger charge is -2.25. The molecule has 1 fully saturated rings. The Hall–Kier alpha value is -2.97. The molecule has 3 heterocycles. The second-order valence-electron chi connectivity index (χ2n) is 11.5. The lowest BCUT2D eigenvalue weighted by atomic mass is 9.84. The van der Waals surface area contributed by atoms with Gasteiger partial charge in [0.25, 0.3) is 0 Å². The Bertz CT molecular complexity index is 1190. The van der Waals surface area contributed by atoms with E-state index < -0.39 is 11.6 Å². The lowest BCUT2D eigenvalue weighted by Crippen LogP contribution is -2.14. The van der Waals surface area contributed by atoms with Crippen LogP contribution in [0.4, 0.5) is 10.1 Å². The number of likely N-dealkylation sites (N-methyl/N-ethyl adjacent to an activating group) is 1. The molecule has 214 valence electrons. The fourth-order valence-corrected chi connectivity index (χ4v) is 5.16. The summed E-state index contributed by atoms with van der Waals surface area (Å²) >= 11 is 0. The van der Waals surface area contributed by atoms with Crippen molar-refractivity contribution in [1.82, 2.24) is 0 Å². The van der Waals surface area contributed by atoms with Crippen LogP contribution in [0.5, 0.6) is 5.75 Å². The first-order valence-electron chi connectivity index (χ1n) is 13.6. The quantitative estimate of drug-likeness (QED) is 0.521. The zero-order valence-electron chi connectivity index (χ0n) is 24.0. The molecule has 8 heteroatoms. The molecule has 5 rings (SSSR count). The topological polar surface area (TPSA) is 96.3 Å². The number of aldehydes is 1. The van der Waals surface area contributed by atoms with Crippen molar-refractivity contribution in [3.8, 4) is 16.9 Å². The SMILES string of the molecule is CC(C)(C)O.Cc1cc2c(c(-c3cc(F)c4c(c3C)CCCO4)c1CC(=O)O)CCN2C.O=CC1CCOC1. The number of carbonyl (C=O) groups is 2. The molecular formula is C31H42FNO6. The van der Waals surface area contributed by atoms with Gasteiger partial charge >= 0.3 is 5.97 Å². The molecule has 0 saturated carbocycles. The number of ether oxygens (including phenoxy) is 2. The van der Waals surface area contributed by atoms with Gasteiger partial charge in [-0.15, -0.1) is 0 Å². The van der Waals surface area contributed by atoms with E-state index in [1.165, 1.54) is 6.07 Å². The molecule has 1 saturated heterocycles. The van der Waals surface area contributed by atoms with Gasteiger partial charge in [0, 0.05) is 37.4 Å². The van der Waals surface area contributed by atoms with E-state index in [-0.39, 0.29) is 18.2 Å². The Morgan fingerprint density at radius 2 is 1.87 bits per heavy atom. The van der Waals surface area contributed by atoms with Crippen LogP contribution in [-0.2, 0) is 33.6 Å². The number of hydrogen-bond acceptors (Lipinski definition) is 6. The van der Waals surface area contributed by atoms with Crippen LogP contribution in [0.2, 0.25) is 0 Å². The van der Waals surface area contributed by atoms with Crippen molar-refractivity contribution in [3.05, 3.63) is 45.8 Å². The van der Waals surface area contributed by atoms with E-state index in [1.807, 2.05) is 20.9 Å². The monoisotopic (exact) mass is 543 g/mol. The number of carboxylic acids is 1. The number of anilines is 1. The Kier molecular flexibility index (Phi) is 10.1. The molecule has 7 nitrogen and oxygen atoms in total. The molecular weight excluding hydrogens is 501 g/mol. The fourth-order valence-electron chi connectivity index (χ4n) is 5.16. The Balaban J connectivity index is 0.000000291. The van der Waals surface area contributed by atoms with Gasteiger partial charge in [-0.2, -0.15) is 0 Å². The molecule has 0 aliphatic carbocycles. The van der Waals surface area contributed by atoms with Gasteiger partial charge in [0.1, 0.15) is 6.29 Å². The van der Waals surface area contributed by atoms with Gasteiger partial charge in [0.2, 0.25) is 0 Å². The average molecular weight is 544 g/mol. The molecule has 2 aromatic rings. The average Bonchev–Trinajstić information content (AvgIpc) is 3.52. The van der Waals surface area contributed by atoms with Crippen LogP contribution in [-0.4, -0.2) is 61.5 Å². The number of hydrogen-bond donors (Lipinski definition) is 2. The Morgan fingerprint density at radius 1 is 1.18 bits per heavy atom. The standard InChI is InChI=1S/C22H24FNO3.C5H8O2.C4H10O/c1-12-9-19-15(6-7-24(19)3)21(16(12)11-20(25)26)17-10-18(23)22-14(13(17)2)5-4-8-27-22;6-3-5-1-2-7-4-5;1-4(2,3)5/h9-10H,4-8,11H2,1-3H3,(H,25,26);3,5H,1-2,4H2;5H,1-3H3. The van der Waals surface area contributed by atoms with Crippen LogP contribution in [0.15, 0.2) is 12.1 Å². The third-order valence-electron chi connectivity index (χ3n) is 7.04. The number of carboxylic acid groups (broad SMARTS) is 1. The summed E-state index contributed by atoms with van der Waals surface area (Å²) in [6.07, 6.45) is 4.31. The molecule has 2 aromatic carbocycles. The summed E-state index contributed by atoms with van der Waals surface area (Å²) in [4.78, 5) is 23.7. The van der Waals surface area contributed by atoms with Crippen LogP contribution in [0.3, 0.4) is 0 Å². The summed E-state index contributed by atoms with van der Waals surface area (Å²) in [5.41, 5.74) is 7.09. The number of aryl methyl sites for hydroxylation is 1. The molecule has 0 aromatic heterocycles. The van der Waals surface area contributed by atoms with Gasteiger partial charge in [-0.3, -0.25) is 4.79 Å². The molecule has 0 bridgehead atoms. The lowest BCUT2D eigenvalue weighted by molar-refractivity contribution is -0.136. The van der Waals surface area contributed by atoms with Crippen molar-refractivity contribution in [1.29, 1.82) is 0 Å². The summed E-state index contributed by atoms with van der Waals surface area (Å²) < 4.78 is 25.4. The number of aliphatic hydroxyl groups is 1. The van der Waals surface area contributed by atoms with Crippen molar-refractivity contribution in [2.45, 2.75) is 72.3 Å². The van der Waals surface area contributed by atoms with E-state index in [0.29, 0.717) is 19.0 Å². The van der Waals surface area contributed by atoms with Crippen LogP contribution in [0.25, 0.3) is 11.1 Å². The van der Waals surface area contributed by atoms with Gasteiger partial charge < -0.3 is 29.4 Å². The second-order valence-corrected chi connectivity index (χ2v) is 11.5. The number of halogens is 1. The summed E-state index contributed by atoms with van der Waals surface area (Å²) in [6.45, 7) is 12.0. The van der Waals surface area contributed by atoms with Crippen molar-refractivity contribution in [2.75, 3.05) is 38.3 Å². The van der Waals surface area contributed by atoms with Crippen molar-refractivity contribution in [2.24, 2.45) is 5.92 Å². The highest BCUT2D eigenvalue weighted by atomic mass is 19.1. The minimum atomic E-state index is -0.870. The third kappa shape index (κ3) is 7.79. The number of aliphatic carboxylic acids is 1. The minimum Gasteiger partial charge on any atom is -0.490 e. The number of rotatable bonds is 4. The van der Waals surface area contributed by atoms with Crippen molar-refractivity contribution in [3.63, 3.8) is 0 Å². The van der Waals surface area contributed by atoms with Gasteiger partial charge in [0.05, 0.1) is 25.2 Å². The van der Waals surface area contributed by atoms with E-state index in [1.54, 1.807) is 20.8 Å². The van der Waals surface area contributed by atoms with E-state index in [4.69, 9.17) is 14.6 Å². The third-order valence-corrected chi connectivity index (χ3v) is 7.04. The number of nitrogens with zero attached hydrogens (tertiary/aromatic N) is 1. The van der Waals surface area contributed by atoms with Gasteiger partial charge in [-0.1, -0.05) is 0 Å². The number of benzene rings is 2. The Labute approximate surface area is 230 Å². The summed E-state index contributed by atoms with van der Waals surface area (Å²) in [5.74, 6) is -0.665. The van der Waals surface area contributed by atoms with E-state index in [2.05, 4.69) is 11.0 Å². The maximum absolute atomic E-state index is 14.9. The summed E-state index contributed by atoms with van der Waals surface area (Å²) in [6, 6.07) is 3.61. The van der Waals surface area contributed by atoms with Crippen molar-refractivity contribution >= 4 is 17.9 Å². The zero-order chi connectivity index (χ0) is 28.9. The van der Waals surface area contributed by atoms with E-state index >= 15 is 0 Å². The van der Waals surface area contributed by atoms with Gasteiger partial charge in [0.15, 0.2) is 11.6 Å². The number of fused-ring (bicyclic) bond motifs is 2. The maximum atomic E-state index is 14.9. The molecule has 3 aliphatic rings. The second kappa shape index (κ2) is 12.9. The van der Waals surface area contributed by atoms with Crippen LogP contribution in [0, 0.1) is 25.6 Å². The predicted octanol–water partition coefficient (Wildman–Crippen LogP) is 5.05. The molecule has 0 spiro atoms. The van der Waals surface area contributed by atoms with Crippen LogP contribution in [0.1, 0.15) is 61.4 Å². The minimum absolute atomic E-state index is 0.0627. The smallest absolute Gasteiger partial charge is 0.307 e. The first kappa shape index (κ1) is 30.6. The molecule has 1 atom stereocenters. The molecule has 0 amide bonds. The normalized spacial score (nSPS) is 17.6. The fraction of sp³-hybridized carbons (Fsp3) is 0.548.